The second-order valence-electron chi connectivity index (χ2n) is 5.18. The van der Waals surface area contributed by atoms with E-state index in [0.29, 0.717) is 15.7 Å². The number of nitrogens with one attached hydrogen (secondary N) is 1. The van der Waals surface area contributed by atoms with Gasteiger partial charge in [0.1, 0.15) is 15.3 Å². The van der Waals surface area contributed by atoms with Gasteiger partial charge in [-0.05, 0) is 32.9 Å². The molecular weight excluding hydrogens is 338 g/mol. The van der Waals surface area contributed by atoms with Crippen LogP contribution in [0.5, 0.6) is 0 Å². The summed E-state index contributed by atoms with van der Waals surface area (Å²) in [7, 11) is 0. The van der Waals surface area contributed by atoms with Gasteiger partial charge in [-0.1, -0.05) is 17.7 Å². The van der Waals surface area contributed by atoms with E-state index in [1.165, 1.54) is 4.57 Å². The van der Waals surface area contributed by atoms with Crippen LogP contribution in [0, 0.1) is 18.3 Å². The number of carbonyl (C=O) groups excluding carboxylic acids is 1. The van der Waals surface area contributed by atoms with Crippen molar-refractivity contribution in [3.05, 3.63) is 49.4 Å². The summed E-state index contributed by atoms with van der Waals surface area (Å²) in [5.74, 6) is -0.716. The third-order valence-corrected chi connectivity index (χ3v) is 4.58. The fourth-order valence-corrected chi connectivity index (χ4v) is 3.25. The number of benzene rings is 1. The zero-order valence-electron chi connectivity index (χ0n) is 14.3. The molecule has 0 aliphatic heterocycles. The van der Waals surface area contributed by atoms with Crippen molar-refractivity contribution >= 4 is 34.8 Å². The first-order valence-corrected chi connectivity index (χ1v) is 8.68. The minimum Gasteiger partial charge on any atom is -0.462 e. The maximum Gasteiger partial charge on any atom is 0.351 e. The molecule has 2 aromatic rings. The number of thiazole rings is 1. The SMILES string of the molecule is CCOC(=O)/C(C#N)=c1\s/c(=C/Nc2ccc(C)cc2)c(=O)n1CC. The average molecular weight is 357 g/mol. The lowest BCUT2D eigenvalue weighted by molar-refractivity contribution is -0.136. The number of nitriles is 1. The van der Waals surface area contributed by atoms with Gasteiger partial charge in [-0.15, -0.1) is 11.3 Å². The number of rotatable bonds is 5. The second kappa shape index (κ2) is 8.31. The highest BCUT2D eigenvalue weighted by Crippen LogP contribution is 2.08. The maximum atomic E-state index is 12.5. The Balaban J connectivity index is 2.55. The summed E-state index contributed by atoms with van der Waals surface area (Å²) in [5.41, 5.74) is 1.58. The molecule has 0 aliphatic rings. The van der Waals surface area contributed by atoms with Crippen molar-refractivity contribution in [1.82, 2.24) is 4.57 Å². The fourth-order valence-electron chi connectivity index (χ4n) is 2.18. The lowest BCUT2D eigenvalue weighted by Crippen LogP contribution is -2.32. The van der Waals surface area contributed by atoms with E-state index in [1.807, 2.05) is 37.3 Å². The van der Waals surface area contributed by atoms with Crippen LogP contribution >= 0.6 is 11.3 Å². The number of nitrogens with zero attached hydrogens (tertiary/aromatic N) is 2. The van der Waals surface area contributed by atoms with Crippen molar-refractivity contribution in [3.8, 4) is 6.07 Å². The van der Waals surface area contributed by atoms with E-state index in [-0.39, 0.29) is 17.7 Å². The molecule has 1 heterocycles. The summed E-state index contributed by atoms with van der Waals surface area (Å²) in [6, 6.07) is 9.59. The van der Waals surface area contributed by atoms with Crippen molar-refractivity contribution in [2.45, 2.75) is 27.3 Å². The molecule has 0 amide bonds. The van der Waals surface area contributed by atoms with Gasteiger partial charge in [-0.3, -0.25) is 9.36 Å². The number of anilines is 1. The third-order valence-electron chi connectivity index (χ3n) is 3.45. The predicted molar refractivity (Wildman–Crippen MR) is 98.4 cm³/mol. The maximum absolute atomic E-state index is 12.5. The van der Waals surface area contributed by atoms with Crippen molar-refractivity contribution in [2.75, 3.05) is 11.9 Å². The van der Waals surface area contributed by atoms with Gasteiger partial charge in [0.25, 0.3) is 5.56 Å². The standard InChI is InChI=1S/C18H19N3O3S/c1-4-21-16(22)15(11-20-13-8-6-12(3)7-9-13)25-17(21)14(10-19)18(23)24-5-2/h6-9,11,20H,4-5H2,1-3H3/b15-11+,17-14-. The predicted octanol–water partition coefficient (Wildman–Crippen LogP) is 1.33. The highest BCUT2D eigenvalue weighted by molar-refractivity contribution is 7.07. The monoisotopic (exact) mass is 357 g/mol. The quantitative estimate of drug-likeness (QED) is 0.816. The summed E-state index contributed by atoms with van der Waals surface area (Å²) in [6.07, 6.45) is 1.59. The lowest BCUT2D eigenvalue weighted by Gasteiger charge is -2.00. The van der Waals surface area contributed by atoms with E-state index in [4.69, 9.17) is 4.74 Å². The summed E-state index contributed by atoms with van der Waals surface area (Å²) < 4.78 is 7.03. The van der Waals surface area contributed by atoms with Gasteiger partial charge in [0.2, 0.25) is 0 Å². The number of hydrogen-bond acceptors (Lipinski definition) is 6. The Morgan fingerprint density at radius 3 is 2.60 bits per heavy atom. The van der Waals surface area contributed by atoms with Crippen LogP contribution in [0.1, 0.15) is 19.4 Å². The molecule has 0 fully saturated rings. The number of hydrogen-bond donors (Lipinski definition) is 1. The van der Waals surface area contributed by atoms with Crippen LogP contribution in [0.2, 0.25) is 0 Å². The molecule has 0 bridgehead atoms. The number of ether oxygens (including phenoxy) is 1. The first-order valence-electron chi connectivity index (χ1n) is 7.86. The van der Waals surface area contributed by atoms with E-state index in [2.05, 4.69) is 5.32 Å². The molecule has 1 aromatic carbocycles. The second-order valence-corrected chi connectivity index (χ2v) is 6.21. The van der Waals surface area contributed by atoms with Crippen LogP contribution in [0.15, 0.2) is 29.1 Å². The summed E-state index contributed by atoms with van der Waals surface area (Å²) in [5, 5.41) is 12.4. The van der Waals surface area contributed by atoms with E-state index >= 15 is 0 Å². The lowest BCUT2D eigenvalue weighted by atomic mass is 10.2. The third kappa shape index (κ3) is 4.17. The molecule has 130 valence electrons. The van der Waals surface area contributed by atoms with Gasteiger partial charge < -0.3 is 10.1 Å². The molecule has 7 heteroatoms. The number of carbonyl (C=O) groups is 1. The van der Waals surface area contributed by atoms with Crippen molar-refractivity contribution in [1.29, 1.82) is 5.26 Å². The molecule has 6 nitrogen and oxygen atoms in total. The molecule has 0 aliphatic carbocycles. The van der Waals surface area contributed by atoms with Crippen LogP contribution in [0.25, 0.3) is 11.8 Å². The molecule has 2 rings (SSSR count). The molecule has 0 saturated carbocycles. The van der Waals surface area contributed by atoms with Gasteiger partial charge >= 0.3 is 5.97 Å². The Hall–Kier alpha value is -2.85. The largest absolute Gasteiger partial charge is 0.462 e. The molecule has 0 saturated heterocycles. The van der Waals surface area contributed by atoms with Crippen LogP contribution < -0.4 is 20.1 Å². The van der Waals surface area contributed by atoms with Crippen LogP contribution in [0.3, 0.4) is 0 Å². The first kappa shape index (κ1) is 18.5. The smallest absolute Gasteiger partial charge is 0.351 e. The van der Waals surface area contributed by atoms with Crippen molar-refractivity contribution < 1.29 is 9.53 Å². The molecule has 1 aromatic heterocycles. The molecule has 1 N–H and O–H groups in total. The summed E-state index contributed by atoms with van der Waals surface area (Å²) in [6.45, 7) is 5.97. The fraction of sp³-hybridized carbons (Fsp3) is 0.278. The summed E-state index contributed by atoms with van der Waals surface area (Å²) >= 11 is 1.09. The van der Waals surface area contributed by atoms with Gasteiger partial charge in [0.05, 0.1) is 6.61 Å². The number of aryl methyl sites for hydroxylation is 1. The Bertz CT molecular complexity index is 979. The van der Waals surface area contributed by atoms with Crippen molar-refractivity contribution in [3.63, 3.8) is 0 Å². The van der Waals surface area contributed by atoms with Crippen LogP contribution in [0.4, 0.5) is 5.69 Å². The number of esters is 1. The Kier molecular flexibility index (Phi) is 6.14. The van der Waals surface area contributed by atoms with Gasteiger partial charge in [0, 0.05) is 18.4 Å². The Labute approximate surface area is 149 Å². The topological polar surface area (TPSA) is 84.1 Å². The first-order chi connectivity index (χ1) is 12.0. The normalized spacial score (nSPS) is 12.5. The number of aromatic nitrogens is 1. The van der Waals surface area contributed by atoms with Crippen LogP contribution in [-0.2, 0) is 16.1 Å². The zero-order valence-corrected chi connectivity index (χ0v) is 15.1. The van der Waals surface area contributed by atoms with Gasteiger partial charge in [0.15, 0.2) is 5.57 Å². The molecule has 25 heavy (non-hydrogen) atoms. The molecule has 0 atom stereocenters. The molecule has 0 spiro atoms. The van der Waals surface area contributed by atoms with E-state index in [0.717, 1.165) is 22.6 Å². The van der Waals surface area contributed by atoms with Gasteiger partial charge in [-0.25, -0.2) is 4.79 Å². The van der Waals surface area contributed by atoms with E-state index in [9.17, 15) is 14.9 Å². The molecular formula is C18H19N3O3S. The molecule has 0 radical (unpaired) electrons. The zero-order chi connectivity index (χ0) is 18.4. The highest BCUT2D eigenvalue weighted by atomic mass is 32.1. The highest BCUT2D eigenvalue weighted by Gasteiger charge is 2.16. The minimum atomic E-state index is -0.716. The minimum absolute atomic E-state index is 0.152. The van der Waals surface area contributed by atoms with E-state index in [1.54, 1.807) is 20.0 Å². The Morgan fingerprint density at radius 2 is 2.04 bits per heavy atom. The Morgan fingerprint density at radius 1 is 1.36 bits per heavy atom. The average Bonchev–Trinajstić information content (AvgIpc) is 2.91. The van der Waals surface area contributed by atoms with Crippen LogP contribution in [-0.4, -0.2) is 17.1 Å². The van der Waals surface area contributed by atoms with Gasteiger partial charge in [-0.2, -0.15) is 5.26 Å². The molecule has 0 unspecified atom stereocenters. The van der Waals surface area contributed by atoms with E-state index < -0.39 is 5.97 Å². The summed E-state index contributed by atoms with van der Waals surface area (Å²) in [4.78, 5) is 24.5. The van der Waals surface area contributed by atoms with Crippen molar-refractivity contribution in [2.24, 2.45) is 0 Å².